The fourth-order valence-corrected chi connectivity index (χ4v) is 2.48. The molecule has 2 rings (SSSR count). The lowest BCUT2D eigenvalue weighted by atomic mass is 10.3. The SMILES string of the molecule is CCOC(=O)CCCSc1nnc(COc2ccc(Cl)cc2)o1. The summed E-state index contributed by atoms with van der Waals surface area (Å²) in [5.74, 6) is 1.60. The Morgan fingerprint density at radius 2 is 2.09 bits per heavy atom. The van der Waals surface area contributed by atoms with Crippen LogP contribution < -0.4 is 4.74 Å². The molecule has 0 unspecified atom stereocenters. The van der Waals surface area contributed by atoms with Gasteiger partial charge in [-0.1, -0.05) is 23.4 Å². The lowest BCUT2D eigenvalue weighted by Gasteiger charge is -2.02. The minimum absolute atomic E-state index is 0.185. The van der Waals surface area contributed by atoms with Gasteiger partial charge in [0.15, 0.2) is 6.61 Å². The summed E-state index contributed by atoms with van der Waals surface area (Å²) in [5, 5.41) is 8.95. The quantitative estimate of drug-likeness (QED) is 0.385. The van der Waals surface area contributed by atoms with E-state index in [0.717, 1.165) is 0 Å². The smallest absolute Gasteiger partial charge is 0.305 e. The predicted molar refractivity (Wildman–Crippen MR) is 86.7 cm³/mol. The molecule has 0 atom stereocenters. The Balaban J connectivity index is 1.69. The van der Waals surface area contributed by atoms with Gasteiger partial charge in [0.1, 0.15) is 5.75 Å². The minimum atomic E-state index is -0.185. The number of benzene rings is 1. The van der Waals surface area contributed by atoms with E-state index in [4.69, 9.17) is 25.5 Å². The van der Waals surface area contributed by atoms with E-state index in [2.05, 4.69) is 10.2 Å². The van der Waals surface area contributed by atoms with Gasteiger partial charge in [-0.25, -0.2) is 0 Å². The molecule has 8 heteroatoms. The predicted octanol–water partition coefficient (Wildman–Crippen LogP) is 3.74. The molecule has 0 spiro atoms. The van der Waals surface area contributed by atoms with Crippen molar-refractivity contribution in [2.45, 2.75) is 31.6 Å². The first-order chi connectivity index (χ1) is 11.2. The highest BCUT2D eigenvalue weighted by Crippen LogP contribution is 2.20. The highest BCUT2D eigenvalue weighted by Gasteiger charge is 2.08. The fourth-order valence-electron chi connectivity index (χ4n) is 1.64. The molecule has 6 nitrogen and oxygen atoms in total. The van der Waals surface area contributed by atoms with Crippen molar-refractivity contribution in [3.8, 4) is 5.75 Å². The second-order valence-electron chi connectivity index (χ2n) is 4.46. The number of ether oxygens (including phenoxy) is 2. The van der Waals surface area contributed by atoms with E-state index in [-0.39, 0.29) is 12.6 Å². The number of aromatic nitrogens is 2. The van der Waals surface area contributed by atoms with Gasteiger partial charge in [0.25, 0.3) is 11.1 Å². The fraction of sp³-hybridized carbons (Fsp3) is 0.400. The molecule has 0 aliphatic carbocycles. The number of carbonyl (C=O) groups is 1. The van der Waals surface area contributed by atoms with Gasteiger partial charge in [0, 0.05) is 17.2 Å². The summed E-state index contributed by atoms with van der Waals surface area (Å²) in [5.41, 5.74) is 0. The number of hydrogen-bond acceptors (Lipinski definition) is 7. The van der Waals surface area contributed by atoms with E-state index in [1.54, 1.807) is 31.2 Å². The average molecular weight is 357 g/mol. The maximum atomic E-state index is 11.2. The zero-order chi connectivity index (χ0) is 16.5. The molecule has 0 amide bonds. The van der Waals surface area contributed by atoms with Crippen molar-refractivity contribution in [1.82, 2.24) is 10.2 Å². The molecule has 0 aliphatic rings. The lowest BCUT2D eigenvalue weighted by molar-refractivity contribution is -0.143. The van der Waals surface area contributed by atoms with Crippen molar-refractivity contribution in [1.29, 1.82) is 0 Å². The number of rotatable bonds is 9. The van der Waals surface area contributed by atoms with Crippen LogP contribution in [0.2, 0.25) is 5.02 Å². The van der Waals surface area contributed by atoms with Crippen LogP contribution in [0.5, 0.6) is 5.75 Å². The Bertz CT molecular complexity index is 618. The van der Waals surface area contributed by atoms with Crippen LogP contribution in [0, 0.1) is 0 Å². The van der Waals surface area contributed by atoms with Gasteiger partial charge >= 0.3 is 5.97 Å². The van der Waals surface area contributed by atoms with Gasteiger partial charge in [0.05, 0.1) is 6.61 Å². The highest BCUT2D eigenvalue weighted by atomic mass is 35.5. The molecular weight excluding hydrogens is 340 g/mol. The van der Waals surface area contributed by atoms with Gasteiger partial charge in [-0.15, -0.1) is 10.2 Å². The number of nitrogens with zero attached hydrogens (tertiary/aromatic N) is 2. The molecule has 124 valence electrons. The van der Waals surface area contributed by atoms with Crippen LogP contribution in [0.15, 0.2) is 33.9 Å². The first kappa shape index (κ1) is 17.6. The summed E-state index contributed by atoms with van der Waals surface area (Å²) >= 11 is 7.21. The second-order valence-corrected chi connectivity index (χ2v) is 5.94. The summed E-state index contributed by atoms with van der Waals surface area (Å²) in [6.07, 6.45) is 1.09. The maximum absolute atomic E-state index is 11.2. The van der Waals surface area contributed by atoms with Crippen LogP contribution in [0.25, 0.3) is 0 Å². The van der Waals surface area contributed by atoms with Crippen molar-refractivity contribution < 1.29 is 18.7 Å². The molecule has 23 heavy (non-hydrogen) atoms. The summed E-state index contributed by atoms with van der Waals surface area (Å²) in [6, 6.07) is 7.03. The average Bonchev–Trinajstić information content (AvgIpc) is 2.99. The molecule has 2 aromatic rings. The summed E-state index contributed by atoms with van der Waals surface area (Å²) < 4.78 is 15.8. The van der Waals surface area contributed by atoms with Crippen LogP contribution in [-0.2, 0) is 16.1 Å². The van der Waals surface area contributed by atoms with Crippen molar-refractivity contribution >= 4 is 29.3 Å². The Morgan fingerprint density at radius 3 is 2.83 bits per heavy atom. The maximum Gasteiger partial charge on any atom is 0.305 e. The zero-order valence-electron chi connectivity index (χ0n) is 12.7. The van der Waals surface area contributed by atoms with Gasteiger partial charge in [-0.3, -0.25) is 4.79 Å². The molecule has 0 saturated heterocycles. The third kappa shape index (κ3) is 6.50. The summed E-state index contributed by atoms with van der Waals surface area (Å²) in [4.78, 5) is 11.2. The molecular formula is C15H17ClN2O4S. The van der Waals surface area contributed by atoms with Gasteiger partial charge in [-0.05, 0) is 37.6 Å². The Labute approximate surface area is 143 Å². The molecule has 0 saturated carbocycles. The number of esters is 1. The van der Waals surface area contributed by atoms with Crippen molar-refractivity contribution in [3.63, 3.8) is 0 Å². The van der Waals surface area contributed by atoms with Gasteiger partial charge < -0.3 is 13.9 Å². The van der Waals surface area contributed by atoms with E-state index < -0.39 is 0 Å². The number of carbonyl (C=O) groups excluding carboxylic acids is 1. The van der Waals surface area contributed by atoms with Crippen molar-refractivity contribution in [2.75, 3.05) is 12.4 Å². The highest BCUT2D eigenvalue weighted by molar-refractivity contribution is 7.99. The third-order valence-corrected chi connectivity index (χ3v) is 3.84. The van der Waals surface area contributed by atoms with E-state index in [1.165, 1.54) is 11.8 Å². The van der Waals surface area contributed by atoms with Crippen molar-refractivity contribution in [2.24, 2.45) is 0 Å². The third-order valence-electron chi connectivity index (χ3n) is 2.68. The molecule has 0 aliphatic heterocycles. The van der Waals surface area contributed by atoms with E-state index in [0.29, 0.717) is 47.1 Å². The Morgan fingerprint density at radius 1 is 1.30 bits per heavy atom. The molecule has 1 aromatic heterocycles. The van der Waals surface area contributed by atoms with Crippen LogP contribution in [0.4, 0.5) is 0 Å². The van der Waals surface area contributed by atoms with Crippen LogP contribution in [0.3, 0.4) is 0 Å². The lowest BCUT2D eigenvalue weighted by Crippen LogP contribution is -2.03. The van der Waals surface area contributed by atoms with Gasteiger partial charge in [-0.2, -0.15) is 0 Å². The van der Waals surface area contributed by atoms with Crippen LogP contribution in [-0.4, -0.2) is 28.5 Å². The molecule has 0 fully saturated rings. The number of thioether (sulfide) groups is 1. The topological polar surface area (TPSA) is 74.5 Å². The molecule has 0 N–H and O–H groups in total. The van der Waals surface area contributed by atoms with Gasteiger partial charge in [0.2, 0.25) is 0 Å². The monoisotopic (exact) mass is 356 g/mol. The summed E-state index contributed by atoms with van der Waals surface area (Å²) in [7, 11) is 0. The molecule has 0 bridgehead atoms. The number of halogens is 1. The Hall–Kier alpha value is -1.73. The molecule has 0 radical (unpaired) electrons. The van der Waals surface area contributed by atoms with E-state index in [9.17, 15) is 4.79 Å². The largest absolute Gasteiger partial charge is 0.484 e. The van der Waals surface area contributed by atoms with Crippen molar-refractivity contribution in [3.05, 3.63) is 35.2 Å². The van der Waals surface area contributed by atoms with Crippen LogP contribution >= 0.6 is 23.4 Å². The molecule has 1 aromatic carbocycles. The van der Waals surface area contributed by atoms with Crippen LogP contribution in [0.1, 0.15) is 25.7 Å². The summed E-state index contributed by atoms with van der Waals surface area (Å²) in [6.45, 7) is 2.39. The zero-order valence-corrected chi connectivity index (χ0v) is 14.2. The Kier molecular flexibility index (Phi) is 7.22. The minimum Gasteiger partial charge on any atom is -0.484 e. The normalized spacial score (nSPS) is 10.5. The standard InChI is InChI=1S/C15H17ClN2O4S/c1-2-20-14(19)4-3-9-23-15-18-17-13(22-15)10-21-12-7-5-11(16)6-8-12/h5-8H,2-4,9-10H2,1H3. The van der Waals surface area contributed by atoms with E-state index >= 15 is 0 Å². The van der Waals surface area contributed by atoms with E-state index in [1.807, 2.05) is 0 Å². The molecule has 1 heterocycles. The first-order valence-electron chi connectivity index (χ1n) is 7.16. The number of hydrogen-bond donors (Lipinski definition) is 0. The second kappa shape index (κ2) is 9.42. The first-order valence-corrected chi connectivity index (χ1v) is 8.53.